The van der Waals surface area contributed by atoms with Gasteiger partial charge in [0.1, 0.15) is 0 Å². The molecule has 0 saturated heterocycles. The van der Waals surface area contributed by atoms with Crippen molar-refractivity contribution < 1.29 is 24.5 Å². The van der Waals surface area contributed by atoms with Crippen LogP contribution in [-0.4, -0.2) is 49.2 Å². The van der Waals surface area contributed by atoms with Crippen molar-refractivity contribution in [2.45, 2.75) is 19.8 Å². The highest BCUT2D eigenvalue weighted by molar-refractivity contribution is 5.81. The van der Waals surface area contributed by atoms with Gasteiger partial charge in [-0.1, -0.05) is 19.9 Å². The van der Waals surface area contributed by atoms with Gasteiger partial charge in [-0.2, -0.15) is 0 Å². The third-order valence-corrected chi connectivity index (χ3v) is 1.38. The minimum atomic E-state index is -0.330. The third-order valence-electron chi connectivity index (χ3n) is 1.38. The van der Waals surface area contributed by atoms with Crippen molar-refractivity contribution in [2.75, 3.05) is 33.0 Å². The van der Waals surface area contributed by atoms with E-state index in [0.717, 1.165) is 12.8 Å². The Hall–Kier alpha value is -0.910. The fourth-order valence-corrected chi connectivity index (χ4v) is 0.607. The average molecular weight is 234 g/mol. The van der Waals surface area contributed by atoms with E-state index < -0.39 is 0 Å². The molecule has 16 heavy (non-hydrogen) atoms. The molecule has 0 atom stereocenters. The topological polar surface area (TPSA) is 76.0 Å². The molecule has 0 aromatic rings. The SMILES string of the molecule is C=CC(=O)OCCCC.OCCOCCO. The highest BCUT2D eigenvalue weighted by Gasteiger charge is 1.91. The van der Waals surface area contributed by atoms with Crippen LogP contribution in [0.15, 0.2) is 12.7 Å². The largest absolute Gasteiger partial charge is 0.463 e. The molecule has 0 aromatic carbocycles. The lowest BCUT2D eigenvalue weighted by Gasteiger charge is -1.97. The van der Waals surface area contributed by atoms with Crippen LogP contribution in [0.4, 0.5) is 0 Å². The van der Waals surface area contributed by atoms with E-state index in [-0.39, 0.29) is 19.2 Å². The van der Waals surface area contributed by atoms with E-state index in [0.29, 0.717) is 19.8 Å². The molecule has 96 valence electrons. The fraction of sp³-hybridized carbons (Fsp3) is 0.727. The van der Waals surface area contributed by atoms with Crippen LogP contribution in [0.5, 0.6) is 0 Å². The number of ether oxygens (including phenoxy) is 2. The second-order valence-electron chi connectivity index (χ2n) is 2.78. The Labute approximate surface area is 96.7 Å². The van der Waals surface area contributed by atoms with Crippen molar-refractivity contribution in [2.24, 2.45) is 0 Å². The molecular weight excluding hydrogens is 212 g/mol. The van der Waals surface area contributed by atoms with Gasteiger partial charge in [0.05, 0.1) is 33.0 Å². The lowest BCUT2D eigenvalue weighted by atomic mass is 10.4. The van der Waals surface area contributed by atoms with Crippen molar-refractivity contribution >= 4 is 5.97 Å². The maximum absolute atomic E-state index is 10.3. The summed E-state index contributed by atoms with van der Waals surface area (Å²) in [5.41, 5.74) is 0. The number of unbranched alkanes of at least 4 members (excludes halogenated alkanes) is 1. The Morgan fingerprint density at radius 3 is 2.19 bits per heavy atom. The summed E-state index contributed by atoms with van der Waals surface area (Å²) < 4.78 is 9.31. The van der Waals surface area contributed by atoms with Crippen LogP contribution >= 0.6 is 0 Å². The van der Waals surface area contributed by atoms with Crippen molar-refractivity contribution in [1.82, 2.24) is 0 Å². The first-order chi connectivity index (χ1) is 7.72. The molecule has 0 radical (unpaired) electrons. The molecule has 5 heteroatoms. The van der Waals surface area contributed by atoms with Gasteiger partial charge < -0.3 is 19.7 Å². The molecule has 0 spiro atoms. The highest BCUT2D eigenvalue weighted by atomic mass is 16.5. The van der Waals surface area contributed by atoms with Crippen LogP contribution in [0.1, 0.15) is 19.8 Å². The van der Waals surface area contributed by atoms with Gasteiger partial charge in [0, 0.05) is 6.08 Å². The molecule has 0 amide bonds. The van der Waals surface area contributed by atoms with E-state index in [9.17, 15) is 4.79 Å². The average Bonchev–Trinajstić information content (AvgIpc) is 2.31. The van der Waals surface area contributed by atoms with Crippen LogP contribution in [0, 0.1) is 0 Å². The molecule has 0 heterocycles. The first-order valence-electron chi connectivity index (χ1n) is 5.31. The number of hydrogen-bond donors (Lipinski definition) is 2. The van der Waals surface area contributed by atoms with Gasteiger partial charge >= 0.3 is 5.97 Å². The second-order valence-corrected chi connectivity index (χ2v) is 2.78. The molecule has 0 bridgehead atoms. The highest BCUT2D eigenvalue weighted by Crippen LogP contribution is 1.88. The summed E-state index contributed by atoms with van der Waals surface area (Å²) in [5, 5.41) is 16.2. The van der Waals surface area contributed by atoms with E-state index >= 15 is 0 Å². The molecule has 0 aromatic heterocycles. The van der Waals surface area contributed by atoms with Crippen LogP contribution < -0.4 is 0 Å². The van der Waals surface area contributed by atoms with Crippen LogP contribution in [0.2, 0.25) is 0 Å². The van der Waals surface area contributed by atoms with Crippen molar-refractivity contribution in [1.29, 1.82) is 0 Å². The van der Waals surface area contributed by atoms with Crippen LogP contribution in [0.25, 0.3) is 0 Å². The van der Waals surface area contributed by atoms with Gasteiger partial charge in [-0.3, -0.25) is 0 Å². The Morgan fingerprint density at radius 1 is 1.25 bits per heavy atom. The third kappa shape index (κ3) is 18.8. The fourth-order valence-electron chi connectivity index (χ4n) is 0.607. The van der Waals surface area contributed by atoms with E-state index in [2.05, 4.69) is 16.1 Å². The van der Waals surface area contributed by atoms with Crippen molar-refractivity contribution in [3.05, 3.63) is 12.7 Å². The molecule has 2 N–H and O–H groups in total. The summed E-state index contributed by atoms with van der Waals surface area (Å²) in [6.45, 7) is 6.52. The monoisotopic (exact) mass is 234 g/mol. The zero-order valence-electron chi connectivity index (χ0n) is 9.85. The first kappa shape index (κ1) is 17.5. The molecule has 0 aliphatic heterocycles. The summed E-state index contributed by atoms with van der Waals surface area (Å²) in [4.78, 5) is 10.3. The minimum absolute atomic E-state index is 0.0278. The standard InChI is InChI=1S/C7H12O2.C4H10O3/c1-3-5-6-9-7(8)4-2;5-1-3-7-4-2-6/h4H,2-3,5-6H2,1H3;5-6H,1-4H2. The summed E-state index contributed by atoms with van der Waals surface area (Å²) >= 11 is 0. The van der Waals surface area contributed by atoms with Crippen molar-refractivity contribution in [3.8, 4) is 0 Å². The second kappa shape index (κ2) is 16.5. The molecule has 0 saturated carbocycles. The zero-order chi connectivity index (χ0) is 12.6. The van der Waals surface area contributed by atoms with E-state index in [4.69, 9.17) is 10.2 Å². The number of aliphatic hydroxyl groups excluding tert-OH is 2. The molecule has 0 rings (SSSR count). The van der Waals surface area contributed by atoms with Gasteiger partial charge in [-0.25, -0.2) is 4.79 Å². The lowest BCUT2D eigenvalue weighted by molar-refractivity contribution is -0.137. The number of aliphatic hydroxyl groups is 2. The predicted octanol–water partition coefficient (Wildman–Crippen LogP) is 0.503. The molecule has 0 fully saturated rings. The van der Waals surface area contributed by atoms with E-state index in [1.807, 2.05) is 6.92 Å². The summed E-state index contributed by atoms with van der Waals surface area (Å²) in [7, 11) is 0. The van der Waals surface area contributed by atoms with Crippen LogP contribution in [0.3, 0.4) is 0 Å². The first-order valence-corrected chi connectivity index (χ1v) is 5.31. The summed E-state index contributed by atoms with van der Waals surface area (Å²) in [6.07, 6.45) is 3.15. The molecular formula is C11H22O5. The van der Waals surface area contributed by atoms with Gasteiger partial charge in [0.15, 0.2) is 0 Å². The van der Waals surface area contributed by atoms with Crippen molar-refractivity contribution in [3.63, 3.8) is 0 Å². The van der Waals surface area contributed by atoms with Gasteiger partial charge in [0.25, 0.3) is 0 Å². The summed E-state index contributed by atoms with van der Waals surface area (Å²) in [5.74, 6) is -0.330. The molecule has 0 aliphatic carbocycles. The van der Waals surface area contributed by atoms with Gasteiger partial charge in [-0.15, -0.1) is 0 Å². The number of hydrogen-bond acceptors (Lipinski definition) is 5. The van der Waals surface area contributed by atoms with Gasteiger partial charge in [0.2, 0.25) is 0 Å². The number of esters is 1. The molecule has 5 nitrogen and oxygen atoms in total. The Bertz CT molecular complexity index is 154. The smallest absolute Gasteiger partial charge is 0.330 e. The number of carbonyl (C=O) groups is 1. The van der Waals surface area contributed by atoms with Crippen LogP contribution in [-0.2, 0) is 14.3 Å². The maximum atomic E-state index is 10.3. The molecule has 0 unspecified atom stereocenters. The zero-order valence-corrected chi connectivity index (χ0v) is 9.85. The van der Waals surface area contributed by atoms with E-state index in [1.165, 1.54) is 6.08 Å². The molecule has 0 aliphatic rings. The quantitative estimate of drug-likeness (QED) is 0.363. The lowest BCUT2D eigenvalue weighted by Crippen LogP contribution is -2.03. The minimum Gasteiger partial charge on any atom is -0.463 e. The Kier molecular flexibility index (Phi) is 18.0. The van der Waals surface area contributed by atoms with E-state index in [1.54, 1.807) is 0 Å². The summed E-state index contributed by atoms with van der Waals surface area (Å²) in [6, 6.07) is 0. The normalized spacial score (nSPS) is 8.94. The number of rotatable bonds is 8. The Morgan fingerprint density at radius 2 is 1.81 bits per heavy atom. The number of carbonyl (C=O) groups excluding carboxylic acids is 1. The maximum Gasteiger partial charge on any atom is 0.330 e. The van der Waals surface area contributed by atoms with Gasteiger partial charge in [-0.05, 0) is 6.42 Å². The Balaban J connectivity index is 0. The predicted molar refractivity (Wildman–Crippen MR) is 61.1 cm³/mol.